The molecule has 5 nitrogen and oxygen atoms in total. The van der Waals surface area contributed by atoms with Crippen LogP contribution in [0.15, 0.2) is 0 Å². The highest BCUT2D eigenvalue weighted by Gasteiger charge is 2.65. The molecule has 0 saturated carbocycles. The fourth-order valence-electron chi connectivity index (χ4n) is 1.39. The van der Waals surface area contributed by atoms with E-state index in [1.807, 2.05) is 0 Å². The molecule has 1 atom stereocenters. The summed E-state index contributed by atoms with van der Waals surface area (Å²) in [7, 11) is -3.63. The zero-order chi connectivity index (χ0) is 12.2. The van der Waals surface area contributed by atoms with Crippen molar-refractivity contribution >= 4 is 15.9 Å². The first-order valence-electron chi connectivity index (χ1n) is 4.75. The van der Waals surface area contributed by atoms with E-state index in [1.54, 1.807) is 0 Å². The van der Waals surface area contributed by atoms with Crippen molar-refractivity contribution in [1.29, 1.82) is 0 Å². The van der Waals surface area contributed by atoms with Crippen LogP contribution in [0.1, 0.15) is 34.6 Å². The third-order valence-electron chi connectivity index (χ3n) is 3.13. The van der Waals surface area contributed by atoms with Gasteiger partial charge in [-0.2, -0.15) is 0 Å². The van der Waals surface area contributed by atoms with Gasteiger partial charge in [-0.25, -0.2) is 12.7 Å². The zero-order valence-electron chi connectivity index (χ0n) is 9.60. The molecule has 0 aromatic heterocycles. The van der Waals surface area contributed by atoms with Crippen molar-refractivity contribution in [3.63, 3.8) is 0 Å². The van der Waals surface area contributed by atoms with E-state index in [2.05, 4.69) is 0 Å². The average molecular weight is 235 g/mol. The number of rotatable bonds is 2. The van der Waals surface area contributed by atoms with Crippen LogP contribution in [-0.2, 0) is 14.8 Å². The van der Waals surface area contributed by atoms with E-state index >= 15 is 0 Å². The molecule has 1 amide bonds. The molecule has 6 heteroatoms. The molecule has 0 radical (unpaired) electrons. The maximum Gasteiger partial charge on any atom is 0.259 e. The summed E-state index contributed by atoms with van der Waals surface area (Å²) in [5.41, 5.74) is -1.09. The monoisotopic (exact) mass is 235 g/mol. The molecule has 0 aromatic carbocycles. The molecule has 1 rings (SSSR count). The molecule has 1 aliphatic rings. The molecule has 0 spiro atoms. The minimum Gasteiger partial charge on any atom is -0.391 e. The lowest BCUT2D eigenvalue weighted by Gasteiger charge is -2.51. The van der Waals surface area contributed by atoms with E-state index in [0.29, 0.717) is 0 Å². The Hall–Kier alpha value is -0.620. The van der Waals surface area contributed by atoms with Crippen LogP contribution in [0.3, 0.4) is 0 Å². The smallest absolute Gasteiger partial charge is 0.259 e. The number of sulfonamides is 1. The fraction of sp³-hybridized carbons (Fsp3) is 0.889. The number of aliphatic hydroxyl groups excluding tert-OH is 1. The van der Waals surface area contributed by atoms with Gasteiger partial charge in [-0.1, -0.05) is 0 Å². The second-order valence-electron chi connectivity index (χ2n) is 4.91. The van der Waals surface area contributed by atoms with Crippen LogP contribution < -0.4 is 0 Å². The molecule has 1 unspecified atom stereocenters. The molecular weight excluding hydrogens is 218 g/mol. The van der Waals surface area contributed by atoms with Gasteiger partial charge >= 0.3 is 0 Å². The minimum atomic E-state index is -3.63. The number of nitrogens with zero attached hydrogens (tertiary/aromatic N) is 1. The topological polar surface area (TPSA) is 74.7 Å². The standard InChI is InChI=1S/C9H17NO4S/c1-6(11)8(2,3)10-7(12)9(4,5)15(10,13)14/h6,11H,1-5H3. The first kappa shape index (κ1) is 12.4. The minimum absolute atomic E-state index is 0.464. The summed E-state index contributed by atoms with van der Waals surface area (Å²) in [6, 6.07) is 0. The van der Waals surface area contributed by atoms with Gasteiger partial charge in [0.2, 0.25) is 0 Å². The maximum absolute atomic E-state index is 11.8. The van der Waals surface area contributed by atoms with Crippen LogP contribution in [0.25, 0.3) is 0 Å². The Bertz CT molecular complexity index is 394. The van der Waals surface area contributed by atoms with E-state index in [0.717, 1.165) is 4.31 Å². The lowest BCUT2D eigenvalue weighted by atomic mass is 9.97. The number of hydrogen-bond donors (Lipinski definition) is 1. The van der Waals surface area contributed by atoms with Gasteiger partial charge in [-0.15, -0.1) is 0 Å². The average Bonchev–Trinajstić information content (AvgIpc) is 2.02. The summed E-state index contributed by atoms with van der Waals surface area (Å²) in [6.07, 6.45) is -0.910. The van der Waals surface area contributed by atoms with Gasteiger partial charge in [0, 0.05) is 0 Å². The molecular formula is C9H17NO4S. The zero-order valence-corrected chi connectivity index (χ0v) is 10.4. The highest BCUT2D eigenvalue weighted by molar-refractivity contribution is 7.94. The maximum atomic E-state index is 11.8. The Morgan fingerprint density at radius 2 is 1.80 bits per heavy atom. The SMILES string of the molecule is CC(O)C(C)(C)N1C(=O)C(C)(C)S1(=O)=O. The lowest BCUT2D eigenvalue weighted by molar-refractivity contribution is -0.139. The molecule has 0 aliphatic carbocycles. The van der Waals surface area contributed by atoms with Crippen molar-refractivity contribution in [1.82, 2.24) is 4.31 Å². The van der Waals surface area contributed by atoms with Gasteiger partial charge in [0.15, 0.2) is 4.75 Å². The van der Waals surface area contributed by atoms with Gasteiger partial charge in [0.1, 0.15) is 0 Å². The number of carbonyl (C=O) groups is 1. The molecule has 1 N–H and O–H groups in total. The normalized spacial score (nSPS) is 26.0. The van der Waals surface area contributed by atoms with Crippen LogP contribution in [0.2, 0.25) is 0 Å². The molecule has 15 heavy (non-hydrogen) atoms. The second kappa shape index (κ2) is 2.95. The Labute approximate surface area is 90.1 Å². The van der Waals surface area contributed by atoms with E-state index < -0.39 is 32.3 Å². The van der Waals surface area contributed by atoms with Crippen molar-refractivity contribution in [2.75, 3.05) is 0 Å². The van der Waals surface area contributed by atoms with Crippen molar-refractivity contribution in [3.8, 4) is 0 Å². The molecule has 1 heterocycles. The first-order valence-corrected chi connectivity index (χ1v) is 6.19. The van der Waals surface area contributed by atoms with E-state index in [-0.39, 0.29) is 0 Å². The third kappa shape index (κ3) is 1.31. The van der Waals surface area contributed by atoms with Crippen LogP contribution in [-0.4, -0.2) is 40.1 Å². The summed E-state index contributed by atoms with van der Waals surface area (Å²) in [6.45, 7) is 7.28. The largest absolute Gasteiger partial charge is 0.391 e. The van der Waals surface area contributed by atoms with Gasteiger partial charge in [0.25, 0.3) is 15.9 Å². The Morgan fingerprint density at radius 1 is 1.40 bits per heavy atom. The summed E-state index contributed by atoms with van der Waals surface area (Å²) in [5.74, 6) is -0.464. The highest BCUT2D eigenvalue weighted by Crippen LogP contribution is 2.41. The Balaban J connectivity index is 3.19. The van der Waals surface area contributed by atoms with Crippen LogP contribution in [0, 0.1) is 0 Å². The van der Waals surface area contributed by atoms with Gasteiger partial charge in [-0.05, 0) is 34.6 Å². The molecule has 0 aromatic rings. The second-order valence-corrected chi connectivity index (χ2v) is 7.25. The van der Waals surface area contributed by atoms with Gasteiger partial charge < -0.3 is 5.11 Å². The Kier molecular flexibility index (Phi) is 2.45. The highest BCUT2D eigenvalue weighted by atomic mass is 32.2. The fourth-order valence-corrected chi connectivity index (χ4v) is 3.25. The van der Waals surface area contributed by atoms with Crippen molar-refractivity contribution < 1.29 is 18.3 Å². The lowest BCUT2D eigenvalue weighted by Crippen LogP contribution is -2.74. The molecule has 1 saturated heterocycles. The van der Waals surface area contributed by atoms with Crippen LogP contribution in [0.4, 0.5) is 0 Å². The quantitative estimate of drug-likeness (QED) is 0.736. The van der Waals surface area contributed by atoms with Crippen LogP contribution >= 0.6 is 0 Å². The summed E-state index contributed by atoms with van der Waals surface area (Å²) in [4.78, 5) is 11.7. The number of aliphatic hydroxyl groups is 1. The number of amides is 1. The summed E-state index contributed by atoms with van der Waals surface area (Å²) in [5, 5.41) is 9.48. The van der Waals surface area contributed by atoms with Crippen molar-refractivity contribution in [3.05, 3.63) is 0 Å². The van der Waals surface area contributed by atoms with Crippen LogP contribution in [0.5, 0.6) is 0 Å². The third-order valence-corrected chi connectivity index (χ3v) is 5.71. The van der Waals surface area contributed by atoms with E-state index in [4.69, 9.17) is 0 Å². The predicted molar refractivity (Wildman–Crippen MR) is 55.6 cm³/mol. The summed E-state index contributed by atoms with van der Waals surface area (Å²) >= 11 is 0. The number of hydrogen-bond acceptors (Lipinski definition) is 4. The van der Waals surface area contributed by atoms with Gasteiger partial charge in [-0.3, -0.25) is 4.79 Å². The molecule has 88 valence electrons. The van der Waals surface area contributed by atoms with Crippen molar-refractivity contribution in [2.45, 2.75) is 51.0 Å². The molecule has 0 bridgehead atoms. The Morgan fingerprint density at radius 3 is 2.07 bits per heavy atom. The predicted octanol–water partition coefficient (Wildman–Crippen LogP) is 0.0964. The molecule has 1 fully saturated rings. The first-order chi connectivity index (χ1) is 6.47. The van der Waals surface area contributed by atoms with Gasteiger partial charge in [0.05, 0.1) is 11.6 Å². The van der Waals surface area contributed by atoms with E-state index in [1.165, 1.54) is 34.6 Å². The summed E-state index contributed by atoms with van der Waals surface area (Å²) < 4.78 is 23.1. The van der Waals surface area contributed by atoms with Crippen molar-refractivity contribution in [2.24, 2.45) is 0 Å². The molecule has 1 aliphatic heterocycles. The van der Waals surface area contributed by atoms with E-state index in [9.17, 15) is 18.3 Å². The number of carbonyl (C=O) groups excluding carboxylic acids is 1.